The Kier molecular flexibility index (Phi) is 4.84. The SMILES string of the molecule is CCNC(C)(C#N)COc1ccc([N+](=O)[O-])cc1C. The fourth-order valence-electron chi connectivity index (χ4n) is 1.64. The van der Waals surface area contributed by atoms with E-state index in [4.69, 9.17) is 10.00 Å². The molecule has 0 aromatic heterocycles. The number of non-ortho nitro benzene ring substituents is 1. The number of aryl methyl sites for hydroxylation is 1. The molecular formula is C13H17N3O3. The Balaban J connectivity index is 2.79. The van der Waals surface area contributed by atoms with E-state index in [1.165, 1.54) is 12.1 Å². The van der Waals surface area contributed by atoms with Gasteiger partial charge in [0.1, 0.15) is 17.9 Å². The summed E-state index contributed by atoms with van der Waals surface area (Å²) in [6.07, 6.45) is 0. The van der Waals surface area contributed by atoms with Crippen molar-refractivity contribution in [2.75, 3.05) is 13.2 Å². The molecule has 1 atom stereocenters. The zero-order chi connectivity index (χ0) is 14.5. The van der Waals surface area contributed by atoms with Gasteiger partial charge in [0, 0.05) is 12.1 Å². The highest BCUT2D eigenvalue weighted by atomic mass is 16.6. The van der Waals surface area contributed by atoms with E-state index in [0.29, 0.717) is 17.9 Å². The summed E-state index contributed by atoms with van der Waals surface area (Å²) in [7, 11) is 0. The quantitative estimate of drug-likeness (QED) is 0.627. The molecule has 6 nitrogen and oxygen atoms in total. The highest BCUT2D eigenvalue weighted by Crippen LogP contribution is 2.23. The van der Waals surface area contributed by atoms with E-state index in [2.05, 4.69) is 11.4 Å². The fourth-order valence-corrected chi connectivity index (χ4v) is 1.64. The molecule has 1 aromatic carbocycles. The third kappa shape index (κ3) is 3.93. The number of nitro groups is 1. The predicted octanol–water partition coefficient (Wildman–Crippen LogP) is 2.17. The Bertz CT molecular complexity index is 510. The van der Waals surface area contributed by atoms with Gasteiger partial charge in [0.05, 0.1) is 11.0 Å². The van der Waals surface area contributed by atoms with E-state index in [0.717, 1.165) is 0 Å². The average molecular weight is 263 g/mol. The van der Waals surface area contributed by atoms with Crippen LogP contribution in [-0.2, 0) is 0 Å². The third-order valence-corrected chi connectivity index (χ3v) is 2.70. The zero-order valence-corrected chi connectivity index (χ0v) is 11.3. The summed E-state index contributed by atoms with van der Waals surface area (Å²) in [5.74, 6) is 0.546. The maximum Gasteiger partial charge on any atom is 0.269 e. The lowest BCUT2D eigenvalue weighted by Crippen LogP contribution is -2.46. The first-order valence-electron chi connectivity index (χ1n) is 5.96. The maximum atomic E-state index is 10.6. The van der Waals surface area contributed by atoms with E-state index in [-0.39, 0.29) is 12.3 Å². The van der Waals surface area contributed by atoms with Gasteiger partial charge in [-0.3, -0.25) is 15.4 Å². The van der Waals surface area contributed by atoms with E-state index in [9.17, 15) is 10.1 Å². The first kappa shape index (κ1) is 14.9. The summed E-state index contributed by atoms with van der Waals surface area (Å²) in [6, 6.07) is 6.55. The molecule has 0 spiro atoms. The molecule has 1 unspecified atom stereocenters. The molecular weight excluding hydrogens is 246 g/mol. The molecule has 0 aliphatic heterocycles. The second-order valence-corrected chi connectivity index (χ2v) is 4.47. The third-order valence-electron chi connectivity index (χ3n) is 2.70. The summed E-state index contributed by atoms with van der Waals surface area (Å²) in [6.45, 7) is 6.23. The number of ether oxygens (including phenoxy) is 1. The second kappa shape index (κ2) is 6.16. The number of nitrogens with zero attached hydrogens (tertiary/aromatic N) is 2. The van der Waals surface area contributed by atoms with Gasteiger partial charge in [0.15, 0.2) is 0 Å². The Morgan fingerprint density at radius 1 is 1.58 bits per heavy atom. The second-order valence-electron chi connectivity index (χ2n) is 4.47. The van der Waals surface area contributed by atoms with Crippen LogP contribution in [0.4, 0.5) is 5.69 Å². The minimum atomic E-state index is -0.775. The summed E-state index contributed by atoms with van der Waals surface area (Å²) < 4.78 is 5.57. The van der Waals surface area contributed by atoms with Crippen LogP contribution >= 0.6 is 0 Å². The number of hydrogen-bond donors (Lipinski definition) is 1. The van der Waals surface area contributed by atoms with Crippen LogP contribution in [0, 0.1) is 28.4 Å². The van der Waals surface area contributed by atoms with Crippen molar-refractivity contribution in [2.24, 2.45) is 0 Å². The number of likely N-dealkylation sites (N-methyl/N-ethyl adjacent to an activating group) is 1. The lowest BCUT2D eigenvalue weighted by Gasteiger charge is -2.23. The van der Waals surface area contributed by atoms with Gasteiger partial charge in [-0.05, 0) is 32.0 Å². The number of nitrogens with one attached hydrogen (secondary N) is 1. The molecule has 0 amide bonds. The van der Waals surface area contributed by atoms with Crippen molar-refractivity contribution in [1.82, 2.24) is 5.32 Å². The first-order chi connectivity index (χ1) is 8.91. The van der Waals surface area contributed by atoms with Gasteiger partial charge in [-0.15, -0.1) is 0 Å². The van der Waals surface area contributed by atoms with E-state index in [1.807, 2.05) is 6.92 Å². The predicted molar refractivity (Wildman–Crippen MR) is 71.0 cm³/mol. The summed E-state index contributed by atoms with van der Waals surface area (Å²) in [5, 5.41) is 22.8. The number of nitriles is 1. The van der Waals surface area contributed by atoms with Crippen LogP contribution in [-0.4, -0.2) is 23.6 Å². The van der Waals surface area contributed by atoms with E-state index < -0.39 is 10.5 Å². The smallest absolute Gasteiger partial charge is 0.269 e. The molecule has 0 aliphatic rings. The van der Waals surface area contributed by atoms with Crippen molar-refractivity contribution in [3.05, 3.63) is 33.9 Å². The van der Waals surface area contributed by atoms with Crippen LogP contribution in [0.5, 0.6) is 5.75 Å². The topological polar surface area (TPSA) is 88.2 Å². The van der Waals surface area contributed by atoms with E-state index >= 15 is 0 Å². The Morgan fingerprint density at radius 2 is 2.26 bits per heavy atom. The molecule has 0 saturated heterocycles. The highest BCUT2D eigenvalue weighted by molar-refractivity contribution is 5.43. The molecule has 0 saturated carbocycles. The normalized spacial score (nSPS) is 13.4. The van der Waals surface area contributed by atoms with Crippen molar-refractivity contribution in [2.45, 2.75) is 26.3 Å². The lowest BCUT2D eigenvalue weighted by molar-refractivity contribution is -0.384. The fraction of sp³-hybridized carbons (Fsp3) is 0.462. The standard InChI is InChI=1S/C13H17N3O3/c1-4-15-13(3,8-14)9-19-12-6-5-11(16(17)18)7-10(12)2/h5-7,15H,4,9H2,1-3H3. The number of benzene rings is 1. The molecule has 6 heteroatoms. The molecule has 0 heterocycles. The largest absolute Gasteiger partial charge is 0.490 e. The Hall–Kier alpha value is -2.13. The van der Waals surface area contributed by atoms with Crippen LogP contribution in [0.25, 0.3) is 0 Å². The van der Waals surface area contributed by atoms with Gasteiger partial charge in [-0.25, -0.2) is 0 Å². The molecule has 102 valence electrons. The molecule has 0 radical (unpaired) electrons. The number of rotatable bonds is 6. The Morgan fingerprint density at radius 3 is 2.74 bits per heavy atom. The molecule has 0 fully saturated rings. The van der Waals surface area contributed by atoms with Gasteiger partial charge in [-0.2, -0.15) is 5.26 Å². The van der Waals surface area contributed by atoms with Gasteiger partial charge >= 0.3 is 0 Å². The van der Waals surface area contributed by atoms with Crippen molar-refractivity contribution in [3.63, 3.8) is 0 Å². The zero-order valence-electron chi connectivity index (χ0n) is 11.3. The van der Waals surface area contributed by atoms with Crippen molar-refractivity contribution >= 4 is 5.69 Å². The molecule has 0 bridgehead atoms. The van der Waals surface area contributed by atoms with Crippen molar-refractivity contribution < 1.29 is 9.66 Å². The first-order valence-corrected chi connectivity index (χ1v) is 5.96. The van der Waals surface area contributed by atoms with Crippen molar-refractivity contribution in [3.8, 4) is 11.8 Å². The molecule has 1 aromatic rings. The molecule has 0 aliphatic carbocycles. The van der Waals surface area contributed by atoms with Crippen LogP contribution in [0.1, 0.15) is 19.4 Å². The summed E-state index contributed by atoms with van der Waals surface area (Å²) in [5.41, 5.74) is -0.0752. The Labute approximate surface area is 112 Å². The van der Waals surface area contributed by atoms with Crippen LogP contribution < -0.4 is 10.1 Å². The van der Waals surface area contributed by atoms with Crippen LogP contribution in [0.15, 0.2) is 18.2 Å². The van der Waals surface area contributed by atoms with Crippen LogP contribution in [0.2, 0.25) is 0 Å². The van der Waals surface area contributed by atoms with Gasteiger partial charge < -0.3 is 4.74 Å². The number of hydrogen-bond acceptors (Lipinski definition) is 5. The van der Waals surface area contributed by atoms with Gasteiger partial charge in [0.25, 0.3) is 5.69 Å². The lowest BCUT2D eigenvalue weighted by atomic mass is 10.1. The summed E-state index contributed by atoms with van der Waals surface area (Å²) in [4.78, 5) is 10.2. The molecule has 1 N–H and O–H groups in total. The molecule has 1 rings (SSSR count). The molecule has 19 heavy (non-hydrogen) atoms. The minimum Gasteiger partial charge on any atom is -0.490 e. The minimum absolute atomic E-state index is 0.0274. The average Bonchev–Trinajstić information content (AvgIpc) is 2.37. The monoisotopic (exact) mass is 263 g/mol. The van der Waals surface area contributed by atoms with Crippen molar-refractivity contribution in [1.29, 1.82) is 5.26 Å². The highest BCUT2D eigenvalue weighted by Gasteiger charge is 2.23. The van der Waals surface area contributed by atoms with E-state index in [1.54, 1.807) is 19.9 Å². The summed E-state index contributed by atoms with van der Waals surface area (Å²) >= 11 is 0. The maximum absolute atomic E-state index is 10.6. The van der Waals surface area contributed by atoms with Crippen LogP contribution in [0.3, 0.4) is 0 Å². The van der Waals surface area contributed by atoms with Gasteiger partial charge in [0.2, 0.25) is 0 Å². The van der Waals surface area contributed by atoms with Gasteiger partial charge in [-0.1, -0.05) is 6.92 Å². The number of nitro benzene ring substituents is 1.